The molecule has 92 valence electrons. The van der Waals surface area contributed by atoms with E-state index in [-0.39, 0.29) is 11.8 Å². The van der Waals surface area contributed by atoms with Crippen LogP contribution in [0, 0.1) is 6.92 Å². The van der Waals surface area contributed by atoms with Crippen molar-refractivity contribution in [3.8, 4) is 0 Å². The number of alkyl halides is 1. The van der Waals surface area contributed by atoms with Gasteiger partial charge in [0.25, 0.3) is 0 Å². The lowest BCUT2D eigenvalue weighted by Crippen LogP contribution is -2.12. The first kappa shape index (κ1) is 17.4. The Balaban J connectivity index is 0. The third-order valence-corrected chi connectivity index (χ3v) is 1.67. The summed E-state index contributed by atoms with van der Waals surface area (Å²) in [5.74, 6) is -0.184. The average Bonchev–Trinajstić information content (AvgIpc) is 2.34. The van der Waals surface area contributed by atoms with Crippen molar-refractivity contribution in [1.82, 2.24) is 0 Å². The Kier molecular flexibility index (Phi) is 13.1. The van der Waals surface area contributed by atoms with E-state index in [1.807, 2.05) is 58.9 Å². The van der Waals surface area contributed by atoms with E-state index in [0.717, 1.165) is 11.3 Å². The van der Waals surface area contributed by atoms with Gasteiger partial charge in [0.2, 0.25) is 5.91 Å². The van der Waals surface area contributed by atoms with Gasteiger partial charge in [-0.2, -0.15) is 0 Å². The number of hydrogen-bond donors (Lipinski definition) is 1. The second kappa shape index (κ2) is 12.1. The summed E-state index contributed by atoms with van der Waals surface area (Å²) >= 11 is 5.33. The molecule has 16 heavy (non-hydrogen) atoms. The fraction of sp³-hybridized carbons (Fsp3) is 0.462. The van der Waals surface area contributed by atoms with Gasteiger partial charge in [0, 0.05) is 5.69 Å². The van der Waals surface area contributed by atoms with Gasteiger partial charge in [0.1, 0.15) is 5.88 Å². The molecule has 1 amide bonds. The third kappa shape index (κ3) is 8.30. The molecule has 1 rings (SSSR count). The first-order valence-corrected chi connectivity index (χ1v) is 6.18. The maximum atomic E-state index is 10.8. The molecule has 0 spiro atoms. The molecule has 0 aromatic heterocycles. The molecular weight excluding hydrogens is 222 g/mol. The van der Waals surface area contributed by atoms with Gasteiger partial charge in [0.15, 0.2) is 0 Å². The lowest BCUT2D eigenvalue weighted by molar-refractivity contribution is -0.113. The van der Waals surface area contributed by atoms with Crippen LogP contribution >= 0.6 is 11.6 Å². The number of halogens is 1. The van der Waals surface area contributed by atoms with Crippen molar-refractivity contribution in [3.05, 3.63) is 29.8 Å². The highest BCUT2D eigenvalue weighted by Crippen LogP contribution is 2.09. The summed E-state index contributed by atoms with van der Waals surface area (Å²) in [6.07, 6.45) is 0. The lowest BCUT2D eigenvalue weighted by atomic mass is 10.2. The highest BCUT2D eigenvalue weighted by molar-refractivity contribution is 6.29. The predicted octanol–water partition coefficient (Wildman–Crippen LogP) is 4.22. The molecule has 0 heterocycles. The van der Waals surface area contributed by atoms with E-state index >= 15 is 0 Å². The van der Waals surface area contributed by atoms with Gasteiger partial charge in [-0.3, -0.25) is 4.79 Å². The highest BCUT2D eigenvalue weighted by atomic mass is 35.5. The van der Waals surface area contributed by atoms with Crippen molar-refractivity contribution in [1.29, 1.82) is 0 Å². The van der Waals surface area contributed by atoms with E-state index in [1.54, 1.807) is 0 Å². The minimum atomic E-state index is -0.178. The molecular formula is C13H22ClNO. The van der Waals surface area contributed by atoms with E-state index in [1.165, 1.54) is 0 Å². The quantitative estimate of drug-likeness (QED) is 0.774. The summed E-state index contributed by atoms with van der Waals surface area (Å²) < 4.78 is 0. The molecule has 0 atom stereocenters. The number of amides is 1. The molecule has 3 heteroatoms. The van der Waals surface area contributed by atoms with Gasteiger partial charge in [-0.1, -0.05) is 39.8 Å². The minimum Gasteiger partial charge on any atom is -0.325 e. The highest BCUT2D eigenvalue weighted by Gasteiger charge is 1.98. The SMILES string of the molecule is CC.CC.Cc1cccc(NC(=O)CCl)c1. The summed E-state index contributed by atoms with van der Waals surface area (Å²) in [4.78, 5) is 10.8. The Labute approximate surface area is 104 Å². The Morgan fingerprint density at radius 2 is 1.81 bits per heavy atom. The van der Waals surface area contributed by atoms with Crippen molar-refractivity contribution >= 4 is 23.2 Å². The van der Waals surface area contributed by atoms with Crippen molar-refractivity contribution in [2.75, 3.05) is 11.2 Å². The topological polar surface area (TPSA) is 29.1 Å². The monoisotopic (exact) mass is 243 g/mol. The van der Waals surface area contributed by atoms with Crippen LogP contribution in [0.4, 0.5) is 5.69 Å². The van der Waals surface area contributed by atoms with Crippen LogP contribution in [-0.2, 0) is 4.79 Å². The number of rotatable bonds is 2. The number of benzene rings is 1. The standard InChI is InChI=1S/C9H10ClNO.2C2H6/c1-7-3-2-4-8(5-7)11-9(12)6-10;2*1-2/h2-5H,6H2,1H3,(H,11,12);2*1-2H3. The van der Waals surface area contributed by atoms with Crippen LogP contribution in [0.15, 0.2) is 24.3 Å². The Morgan fingerprint density at radius 3 is 2.25 bits per heavy atom. The zero-order valence-electron chi connectivity index (χ0n) is 10.8. The molecule has 2 nitrogen and oxygen atoms in total. The van der Waals surface area contributed by atoms with Crippen molar-refractivity contribution in [2.24, 2.45) is 0 Å². The van der Waals surface area contributed by atoms with Crippen LogP contribution in [0.25, 0.3) is 0 Å². The summed E-state index contributed by atoms with van der Waals surface area (Å²) in [6.45, 7) is 9.97. The fourth-order valence-corrected chi connectivity index (χ4v) is 0.984. The van der Waals surface area contributed by atoms with Crippen LogP contribution in [0.1, 0.15) is 33.3 Å². The van der Waals surface area contributed by atoms with Crippen LogP contribution in [0.2, 0.25) is 0 Å². The fourth-order valence-electron chi connectivity index (χ4n) is 0.917. The number of carbonyl (C=O) groups is 1. The zero-order valence-corrected chi connectivity index (χ0v) is 11.6. The lowest BCUT2D eigenvalue weighted by Gasteiger charge is -2.02. The molecule has 0 bridgehead atoms. The van der Waals surface area contributed by atoms with Crippen LogP contribution in [0.5, 0.6) is 0 Å². The molecule has 1 N–H and O–H groups in total. The molecule has 0 radical (unpaired) electrons. The average molecular weight is 244 g/mol. The molecule has 0 aliphatic carbocycles. The Morgan fingerprint density at radius 1 is 1.25 bits per heavy atom. The first-order valence-electron chi connectivity index (χ1n) is 5.65. The van der Waals surface area contributed by atoms with Crippen molar-refractivity contribution in [2.45, 2.75) is 34.6 Å². The molecule has 0 unspecified atom stereocenters. The number of hydrogen-bond acceptors (Lipinski definition) is 1. The first-order chi connectivity index (χ1) is 7.72. The second-order valence-electron chi connectivity index (χ2n) is 2.55. The predicted molar refractivity (Wildman–Crippen MR) is 73.2 cm³/mol. The molecule has 1 aromatic carbocycles. The molecule has 0 fully saturated rings. The summed E-state index contributed by atoms with van der Waals surface area (Å²) in [5.41, 5.74) is 1.91. The van der Waals surface area contributed by atoms with Gasteiger partial charge in [-0.15, -0.1) is 11.6 Å². The molecule has 0 aliphatic rings. The van der Waals surface area contributed by atoms with Crippen molar-refractivity contribution < 1.29 is 4.79 Å². The van der Waals surface area contributed by atoms with Crippen LogP contribution in [-0.4, -0.2) is 11.8 Å². The molecule has 0 aliphatic heterocycles. The van der Waals surface area contributed by atoms with Gasteiger partial charge in [-0.05, 0) is 24.6 Å². The maximum Gasteiger partial charge on any atom is 0.239 e. The molecule has 1 aromatic rings. The molecule has 0 saturated heterocycles. The Bertz CT molecular complexity index is 287. The van der Waals surface area contributed by atoms with E-state index in [4.69, 9.17) is 11.6 Å². The van der Waals surface area contributed by atoms with E-state index in [9.17, 15) is 4.79 Å². The third-order valence-electron chi connectivity index (χ3n) is 1.42. The molecule has 0 saturated carbocycles. The maximum absolute atomic E-state index is 10.8. The zero-order chi connectivity index (χ0) is 13.0. The summed E-state index contributed by atoms with van der Waals surface area (Å²) in [7, 11) is 0. The largest absolute Gasteiger partial charge is 0.325 e. The number of carbonyl (C=O) groups excluding carboxylic acids is 1. The smallest absolute Gasteiger partial charge is 0.239 e. The van der Waals surface area contributed by atoms with E-state index in [2.05, 4.69) is 5.32 Å². The van der Waals surface area contributed by atoms with Gasteiger partial charge < -0.3 is 5.32 Å². The van der Waals surface area contributed by atoms with Crippen LogP contribution < -0.4 is 5.32 Å². The van der Waals surface area contributed by atoms with Crippen LogP contribution in [0.3, 0.4) is 0 Å². The van der Waals surface area contributed by atoms with Gasteiger partial charge in [0.05, 0.1) is 0 Å². The van der Waals surface area contributed by atoms with Gasteiger partial charge in [-0.25, -0.2) is 0 Å². The summed E-state index contributed by atoms with van der Waals surface area (Å²) in [5, 5.41) is 2.66. The van der Waals surface area contributed by atoms with Crippen molar-refractivity contribution in [3.63, 3.8) is 0 Å². The van der Waals surface area contributed by atoms with Gasteiger partial charge >= 0.3 is 0 Å². The number of aryl methyl sites for hydroxylation is 1. The summed E-state index contributed by atoms with van der Waals surface area (Å²) in [6, 6.07) is 7.58. The minimum absolute atomic E-state index is 0.00601. The second-order valence-corrected chi connectivity index (χ2v) is 2.82. The van der Waals surface area contributed by atoms with E-state index < -0.39 is 0 Å². The Hall–Kier alpha value is -1.02. The van der Waals surface area contributed by atoms with E-state index in [0.29, 0.717) is 0 Å². The normalized spacial score (nSPS) is 7.88. The number of anilines is 1. The number of nitrogens with one attached hydrogen (secondary N) is 1.